The SMILES string of the molecule is N#Cc1ccc(Cl)c(S(=O)(=O)Nc2ccc(O)cc2N)c1. The van der Waals surface area contributed by atoms with Gasteiger partial charge in [-0.05, 0) is 30.3 Å². The number of halogens is 1. The molecule has 0 unspecified atom stereocenters. The van der Waals surface area contributed by atoms with Gasteiger partial charge in [0.25, 0.3) is 10.0 Å². The number of rotatable bonds is 3. The molecule has 8 heteroatoms. The smallest absolute Gasteiger partial charge is 0.263 e. The Morgan fingerprint density at radius 2 is 1.95 bits per heavy atom. The lowest BCUT2D eigenvalue weighted by Gasteiger charge is -2.11. The number of nitrogens with zero attached hydrogens (tertiary/aromatic N) is 1. The van der Waals surface area contributed by atoms with Gasteiger partial charge >= 0.3 is 0 Å². The van der Waals surface area contributed by atoms with Crippen molar-refractivity contribution in [3.05, 3.63) is 47.0 Å². The first-order valence-electron chi connectivity index (χ1n) is 5.64. The highest BCUT2D eigenvalue weighted by molar-refractivity contribution is 7.92. The Hall–Kier alpha value is -2.43. The molecule has 2 rings (SSSR count). The van der Waals surface area contributed by atoms with Crippen molar-refractivity contribution in [2.75, 3.05) is 10.5 Å². The van der Waals surface area contributed by atoms with Crippen LogP contribution in [0.3, 0.4) is 0 Å². The molecule has 2 aromatic carbocycles. The highest BCUT2D eigenvalue weighted by Gasteiger charge is 2.19. The normalized spacial score (nSPS) is 10.9. The number of phenols is 1. The minimum Gasteiger partial charge on any atom is -0.508 e. The minimum absolute atomic E-state index is 0.0150. The quantitative estimate of drug-likeness (QED) is 0.592. The number of nitrogens with two attached hydrogens (primary N) is 1. The number of hydrogen-bond donors (Lipinski definition) is 3. The van der Waals surface area contributed by atoms with Gasteiger partial charge in [0.15, 0.2) is 0 Å². The molecule has 0 spiro atoms. The van der Waals surface area contributed by atoms with Gasteiger partial charge in [0.2, 0.25) is 0 Å². The summed E-state index contributed by atoms with van der Waals surface area (Å²) in [6, 6.07) is 9.58. The van der Waals surface area contributed by atoms with Crippen LogP contribution in [-0.2, 0) is 10.0 Å². The van der Waals surface area contributed by atoms with Crippen molar-refractivity contribution in [3.63, 3.8) is 0 Å². The summed E-state index contributed by atoms with van der Waals surface area (Å²) in [5.74, 6) is -0.0834. The summed E-state index contributed by atoms with van der Waals surface area (Å²) in [6.07, 6.45) is 0. The van der Waals surface area contributed by atoms with Crippen LogP contribution in [0.4, 0.5) is 11.4 Å². The molecule has 0 aliphatic carbocycles. The third-order valence-corrected chi connectivity index (χ3v) is 4.48. The second kappa shape index (κ2) is 5.52. The number of sulfonamides is 1. The zero-order chi connectivity index (χ0) is 15.6. The summed E-state index contributed by atoms with van der Waals surface area (Å²) >= 11 is 5.87. The average Bonchev–Trinajstić information content (AvgIpc) is 2.42. The Balaban J connectivity index is 2.46. The molecule has 0 saturated carbocycles. The summed E-state index contributed by atoms with van der Waals surface area (Å²) < 4.78 is 26.9. The summed E-state index contributed by atoms with van der Waals surface area (Å²) in [6.45, 7) is 0. The van der Waals surface area contributed by atoms with Crippen molar-refractivity contribution in [2.24, 2.45) is 0 Å². The molecule has 0 amide bonds. The van der Waals surface area contributed by atoms with Crippen LogP contribution in [-0.4, -0.2) is 13.5 Å². The van der Waals surface area contributed by atoms with Gasteiger partial charge in [-0.25, -0.2) is 8.42 Å². The number of nitrogen functional groups attached to an aromatic ring is 1. The molecule has 0 heterocycles. The molecule has 0 saturated heterocycles. The summed E-state index contributed by atoms with van der Waals surface area (Å²) in [7, 11) is -4.01. The highest BCUT2D eigenvalue weighted by Crippen LogP contribution is 2.28. The second-order valence-corrected chi connectivity index (χ2v) is 6.19. The molecular formula is C13H10ClN3O3S. The average molecular weight is 324 g/mol. The first-order chi connectivity index (χ1) is 9.83. The Bertz CT molecular complexity index is 844. The molecule has 21 heavy (non-hydrogen) atoms. The molecule has 0 radical (unpaired) electrons. The Kier molecular flexibility index (Phi) is 3.93. The zero-order valence-electron chi connectivity index (χ0n) is 10.5. The van der Waals surface area contributed by atoms with Crippen LogP contribution < -0.4 is 10.5 Å². The maximum atomic E-state index is 12.3. The predicted octanol–water partition coefficient (Wildman–Crippen LogP) is 2.30. The zero-order valence-corrected chi connectivity index (χ0v) is 12.1. The van der Waals surface area contributed by atoms with Gasteiger partial charge in [-0.1, -0.05) is 11.6 Å². The first-order valence-corrected chi connectivity index (χ1v) is 7.50. The monoisotopic (exact) mass is 323 g/mol. The molecule has 0 aliphatic rings. The number of aromatic hydroxyl groups is 1. The Labute approximate surface area is 126 Å². The topological polar surface area (TPSA) is 116 Å². The van der Waals surface area contributed by atoms with E-state index in [2.05, 4.69) is 4.72 Å². The maximum Gasteiger partial charge on any atom is 0.263 e. The van der Waals surface area contributed by atoms with Crippen molar-refractivity contribution < 1.29 is 13.5 Å². The van der Waals surface area contributed by atoms with E-state index in [1.54, 1.807) is 0 Å². The Morgan fingerprint density at radius 1 is 1.24 bits per heavy atom. The lowest BCUT2D eigenvalue weighted by molar-refractivity contribution is 0.475. The fourth-order valence-corrected chi connectivity index (χ4v) is 3.24. The maximum absolute atomic E-state index is 12.3. The lowest BCUT2D eigenvalue weighted by atomic mass is 10.2. The van der Waals surface area contributed by atoms with E-state index >= 15 is 0 Å². The fraction of sp³-hybridized carbons (Fsp3) is 0. The van der Waals surface area contributed by atoms with E-state index in [-0.39, 0.29) is 32.6 Å². The van der Waals surface area contributed by atoms with E-state index < -0.39 is 10.0 Å². The van der Waals surface area contributed by atoms with Crippen molar-refractivity contribution in [1.29, 1.82) is 5.26 Å². The molecule has 108 valence electrons. The van der Waals surface area contributed by atoms with E-state index in [4.69, 9.17) is 22.6 Å². The van der Waals surface area contributed by atoms with Gasteiger partial charge in [-0.15, -0.1) is 0 Å². The van der Waals surface area contributed by atoms with Gasteiger partial charge in [0.05, 0.1) is 28.0 Å². The molecule has 4 N–H and O–H groups in total. The van der Waals surface area contributed by atoms with Crippen LogP contribution in [0.1, 0.15) is 5.56 Å². The number of hydrogen-bond acceptors (Lipinski definition) is 5. The summed E-state index contributed by atoms with van der Waals surface area (Å²) in [5.41, 5.74) is 5.96. The highest BCUT2D eigenvalue weighted by atomic mass is 35.5. The number of nitriles is 1. The number of anilines is 2. The van der Waals surface area contributed by atoms with Crippen molar-refractivity contribution in [2.45, 2.75) is 4.90 Å². The van der Waals surface area contributed by atoms with Crippen LogP contribution in [0.5, 0.6) is 5.75 Å². The van der Waals surface area contributed by atoms with Crippen molar-refractivity contribution in [3.8, 4) is 11.8 Å². The van der Waals surface area contributed by atoms with E-state index in [1.165, 1.54) is 36.4 Å². The molecule has 0 atom stereocenters. The molecule has 2 aromatic rings. The number of phenolic OH excluding ortho intramolecular Hbond substituents is 1. The fourth-order valence-electron chi connectivity index (χ4n) is 1.62. The van der Waals surface area contributed by atoms with Crippen LogP contribution in [0.25, 0.3) is 0 Å². The third-order valence-electron chi connectivity index (χ3n) is 2.63. The van der Waals surface area contributed by atoms with Crippen LogP contribution >= 0.6 is 11.6 Å². The molecule has 6 nitrogen and oxygen atoms in total. The van der Waals surface area contributed by atoms with Gasteiger partial charge in [0.1, 0.15) is 10.6 Å². The lowest BCUT2D eigenvalue weighted by Crippen LogP contribution is -2.14. The molecular weight excluding hydrogens is 314 g/mol. The van der Waals surface area contributed by atoms with Gasteiger partial charge in [-0.3, -0.25) is 4.72 Å². The predicted molar refractivity (Wildman–Crippen MR) is 79.5 cm³/mol. The second-order valence-electron chi connectivity index (χ2n) is 4.13. The van der Waals surface area contributed by atoms with Crippen molar-refractivity contribution >= 4 is 33.0 Å². The Morgan fingerprint density at radius 3 is 2.57 bits per heavy atom. The van der Waals surface area contributed by atoms with E-state index in [9.17, 15) is 13.5 Å². The van der Waals surface area contributed by atoms with E-state index in [0.717, 1.165) is 0 Å². The van der Waals surface area contributed by atoms with Gasteiger partial charge in [-0.2, -0.15) is 5.26 Å². The van der Waals surface area contributed by atoms with Crippen molar-refractivity contribution in [1.82, 2.24) is 0 Å². The van der Waals surface area contributed by atoms with E-state index in [1.807, 2.05) is 6.07 Å². The first kappa shape index (κ1) is 15.0. The standard InChI is InChI=1S/C13H10ClN3O3S/c14-10-3-1-8(7-15)5-13(10)21(19,20)17-12-4-2-9(18)6-11(12)16/h1-6,17-18H,16H2. The van der Waals surface area contributed by atoms with Crippen LogP contribution in [0.15, 0.2) is 41.3 Å². The molecule has 0 aliphatic heterocycles. The van der Waals surface area contributed by atoms with E-state index in [0.29, 0.717) is 0 Å². The molecule has 0 aromatic heterocycles. The minimum atomic E-state index is -4.01. The summed E-state index contributed by atoms with van der Waals surface area (Å²) in [4.78, 5) is -0.226. The number of nitrogens with one attached hydrogen (secondary N) is 1. The van der Waals surface area contributed by atoms with Gasteiger partial charge in [0, 0.05) is 6.07 Å². The molecule has 0 bridgehead atoms. The third kappa shape index (κ3) is 3.18. The van der Waals surface area contributed by atoms with Gasteiger partial charge < -0.3 is 10.8 Å². The largest absolute Gasteiger partial charge is 0.508 e. The number of benzene rings is 2. The van der Waals surface area contributed by atoms with Crippen LogP contribution in [0, 0.1) is 11.3 Å². The molecule has 0 fully saturated rings. The summed E-state index contributed by atoms with van der Waals surface area (Å²) in [5, 5.41) is 18.1. The van der Waals surface area contributed by atoms with Crippen LogP contribution in [0.2, 0.25) is 5.02 Å².